The van der Waals surface area contributed by atoms with Crippen molar-refractivity contribution in [2.75, 3.05) is 67.6 Å². The van der Waals surface area contributed by atoms with Gasteiger partial charge in [0.25, 0.3) is 0 Å². The van der Waals surface area contributed by atoms with Crippen molar-refractivity contribution < 1.29 is 4.74 Å². The summed E-state index contributed by atoms with van der Waals surface area (Å²) in [6, 6.07) is 2.10. The minimum Gasteiger partial charge on any atom is -0.384 e. The Morgan fingerprint density at radius 2 is 1.45 bits per heavy atom. The van der Waals surface area contributed by atoms with Crippen LogP contribution < -0.4 is 0 Å². The maximum Gasteiger partial charge on any atom is 0.0940 e. The van der Waals surface area contributed by atoms with Crippen LogP contribution in [-0.4, -0.2) is 82.3 Å². The third-order valence-corrected chi connectivity index (χ3v) is 4.39. The molecule has 2 rings (SSSR count). The van der Waals surface area contributed by atoms with Gasteiger partial charge in [-0.15, -0.1) is 18.4 Å². The minimum absolute atomic E-state index is 0.745. The zero-order chi connectivity index (χ0) is 30.0. The Bertz CT molecular complexity index is 700. The third kappa shape index (κ3) is 50.3. The predicted molar refractivity (Wildman–Crippen MR) is 171 cm³/mol. The van der Waals surface area contributed by atoms with Crippen LogP contribution in [0.1, 0.15) is 61.3 Å². The van der Waals surface area contributed by atoms with Crippen LogP contribution in [0.3, 0.4) is 0 Å². The Balaban J connectivity index is -0.000000190. The highest BCUT2D eigenvalue weighted by atomic mass is 16.5. The molecule has 0 radical (unpaired) electrons. The van der Waals surface area contributed by atoms with Crippen molar-refractivity contribution in [2.45, 2.75) is 61.3 Å². The van der Waals surface area contributed by atoms with E-state index in [1.54, 1.807) is 6.08 Å². The van der Waals surface area contributed by atoms with E-state index in [1.165, 1.54) is 12.8 Å². The Morgan fingerprint density at radius 1 is 0.947 bits per heavy atom. The number of morpholine rings is 1. The molecule has 2 fully saturated rings. The fourth-order valence-electron chi connectivity index (χ4n) is 2.31. The Labute approximate surface area is 238 Å². The van der Waals surface area contributed by atoms with E-state index in [2.05, 4.69) is 85.7 Å². The highest BCUT2D eigenvalue weighted by Crippen LogP contribution is 2.30. The van der Waals surface area contributed by atoms with Gasteiger partial charge in [-0.05, 0) is 87.5 Å². The van der Waals surface area contributed by atoms with Crippen LogP contribution in [0.4, 0.5) is 0 Å². The second-order valence-corrected chi connectivity index (χ2v) is 8.97. The molecule has 38 heavy (non-hydrogen) atoms. The second-order valence-electron chi connectivity index (χ2n) is 8.97. The van der Waals surface area contributed by atoms with Gasteiger partial charge < -0.3 is 14.5 Å². The standard InChI is InChI=1S/C8H15NO.C7H9N.C6H13N.C5H11N.C4H6.C3H6/c1-2-3-4-9-5-7-10-8-6-9;1-6(5-8)4-7-2-3-7;1-4-5-6-7(2)3;1-4-5-6(2)3;1-3-4-2;1-3-2/h2-3H,4-8H2,1H3;4,7H,2-3H2,1H3;4-5H,6H2,1-3H3;4-5H,1-3H3;1-2H3;3H,1H2,2H3/b3-2+;6-4-;2*5-4+;;. The lowest BCUT2D eigenvalue weighted by Gasteiger charge is -2.24. The van der Waals surface area contributed by atoms with Crippen LogP contribution in [-0.2, 0) is 4.74 Å². The topological polar surface area (TPSA) is 42.7 Å². The first kappa shape index (κ1) is 42.5. The number of allylic oxidation sites excluding steroid dienone is 6. The van der Waals surface area contributed by atoms with E-state index in [0.29, 0.717) is 0 Å². The Kier molecular flexibility index (Phi) is 40.9. The molecule has 0 bridgehead atoms. The van der Waals surface area contributed by atoms with Crippen LogP contribution in [0.2, 0.25) is 0 Å². The number of hydrogen-bond donors (Lipinski definition) is 0. The SMILES string of the molecule is C/C(C#N)=C/C1CC1.C/C=C/CN(C)C.C/C=C/CN1CCOCC1.C/C=C/N(C)C.C=CC.CC#CC. The monoisotopic (exact) mass is 528 g/mol. The first-order valence-electron chi connectivity index (χ1n) is 13.6. The summed E-state index contributed by atoms with van der Waals surface area (Å²) >= 11 is 0. The summed E-state index contributed by atoms with van der Waals surface area (Å²) in [5.74, 6) is 6.11. The summed E-state index contributed by atoms with van der Waals surface area (Å²) in [6.45, 7) is 22.9. The molecule has 0 aromatic heterocycles. The van der Waals surface area contributed by atoms with Crippen LogP contribution in [0.25, 0.3) is 0 Å². The number of likely N-dealkylation sites (N-methyl/N-ethyl adjacent to an activating group) is 1. The lowest BCUT2D eigenvalue weighted by molar-refractivity contribution is 0.0434. The van der Waals surface area contributed by atoms with Gasteiger partial charge in [0.05, 0.1) is 19.3 Å². The van der Waals surface area contributed by atoms with Gasteiger partial charge in [0.1, 0.15) is 0 Å². The molecule has 1 saturated carbocycles. The van der Waals surface area contributed by atoms with E-state index in [1.807, 2.05) is 72.8 Å². The molecule has 1 aliphatic carbocycles. The molecule has 218 valence electrons. The first-order valence-corrected chi connectivity index (χ1v) is 13.6. The molecular weight excluding hydrogens is 468 g/mol. The lowest BCUT2D eigenvalue weighted by atomic mass is 10.2. The quantitative estimate of drug-likeness (QED) is 0.207. The fraction of sp³-hybridized carbons (Fsp3) is 0.606. The highest BCUT2D eigenvalue weighted by molar-refractivity contribution is 5.20. The largest absolute Gasteiger partial charge is 0.384 e. The van der Waals surface area contributed by atoms with E-state index >= 15 is 0 Å². The smallest absolute Gasteiger partial charge is 0.0940 e. The number of hydrogen-bond acceptors (Lipinski definition) is 5. The van der Waals surface area contributed by atoms with Gasteiger partial charge >= 0.3 is 0 Å². The van der Waals surface area contributed by atoms with E-state index in [-0.39, 0.29) is 0 Å². The second kappa shape index (κ2) is 36.6. The van der Waals surface area contributed by atoms with Gasteiger partial charge in [-0.3, -0.25) is 4.90 Å². The zero-order valence-corrected chi connectivity index (χ0v) is 26.8. The zero-order valence-electron chi connectivity index (χ0n) is 26.8. The highest BCUT2D eigenvalue weighted by Gasteiger charge is 2.17. The van der Waals surface area contributed by atoms with E-state index < -0.39 is 0 Å². The molecule has 5 heteroatoms. The van der Waals surface area contributed by atoms with Crippen molar-refractivity contribution in [1.29, 1.82) is 5.26 Å². The van der Waals surface area contributed by atoms with Crippen molar-refractivity contribution in [3.63, 3.8) is 0 Å². The van der Waals surface area contributed by atoms with E-state index in [4.69, 9.17) is 10.00 Å². The molecule has 1 saturated heterocycles. The van der Waals surface area contributed by atoms with Crippen LogP contribution >= 0.6 is 0 Å². The summed E-state index contributed by atoms with van der Waals surface area (Å²) in [4.78, 5) is 6.52. The van der Waals surface area contributed by atoms with Crippen LogP contribution in [0.15, 0.2) is 60.9 Å². The van der Waals surface area contributed by atoms with Gasteiger partial charge in [0.2, 0.25) is 0 Å². The molecule has 1 aliphatic heterocycles. The average molecular weight is 529 g/mol. The third-order valence-electron chi connectivity index (χ3n) is 4.39. The molecule has 0 aromatic rings. The molecular formula is C33H60N4O. The molecule has 5 nitrogen and oxygen atoms in total. The summed E-state index contributed by atoms with van der Waals surface area (Å²) in [6.07, 6.45) is 18.8. The van der Waals surface area contributed by atoms with Crippen molar-refractivity contribution in [3.05, 3.63) is 60.9 Å². The molecule has 0 N–H and O–H groups in total. The van der Waals surface area contributed by atoms with Crippen LogP contribution in [0, 0.1) is 29.1 Å². The number of rotatable bonds is 6. The number of ether oxygens (including phenoxy) is 1. The average Bonchev–Trinajstić information content (AvgIpc) is 3.72. The summed E-state index contributed by atoms with van der Waals surface area (Å²) < 4.78 is 5.21. The van der Waals surface area contributed by atoms with Gasteiger partial charge in [-0.2, -0.15) is 5.26 Å². The maximum absolute atomic E-state index is 8.29. The maximum atomic E-state index is 8.29. The molecule has 0 aromatic carbocycles. The summed E-state index contributed by atoms with van der Waals surface area (Å²) in [5.41, 5.74) is 0.868. The number of nitrogens with zero attached hydrogens (tertiary/aromatic N) is 4. The molecule has 0 amide bonds. The fourth-order valence-corrected chi connectivity index (χ4v) is 2.31. The first-order chi connectivity index (χ1) is 18.1. The molecule has 2 aliphatic rings. The normalized spacial score (nSPS) is 14.4. The molecule has 0 spiro atoms. The molecule has 0 atom stereocenters. The number of nitriles is 1. The van der Waals surface area contributed by atoms with E-state index in [0.717, 1.165) is 50.9 Å². The van der Waals surface area contributed by atoms with Gasteiger partial charge in [0, 0.05) is 45.8 Å². The molecule has 1 heterocycles. The lowest BCUT2D eigenvalue weighted by Crippen LogP contribution is -2.36. The van der Waals surface area contributed by atoms with Crippen molar-refractivity contribution in [1.82, 2.24) is 14.7 Å². The predicted octanol–water partition coefficient (Wildman–Crippen LogP) is 7.19. The van der Waals surface area contributed by atoms with Gasteiger partial charge in [-0.1, -0.05) is 42.5 Å². The Hall–Kier alpha value is -2.57. The Morgan fingerprint density at radius 3 is 1.71 bits per heavy atom. The summed E-state index contributed by atoms with van der Waals surface area (Å²) in [7, 11) is 8.11. The minimum atomic E-state index is 0.745. The van der Waals surface area contributed by atoms with Crippen molar-refractivity contribution in [2.24, 2.45) is 5.92 Å². The van der Waals surface area contributed by atoms with Crippen molar-refractivity contribution >= 4 is 0 Å². The van der Waals surface area contributed by atoms with Gasteiger partial charge in [-0.25, -0.2) is 0 Å². The van der Waals surface area contributed by atoms with Crippen LogP contribution in [0.5, 0.6) is 0 Å². The summed E-state index contributed by atoms with van der Waals surface area (Å²) in [5, 5.41) is 8.29. The van der Waals surface area contributed by atoms with Crippen molar-refractivity contribution in [3.8, 4) is 17.9 Å². The van der Waals surface area contributed by atoms with Gasteiger partial charge in [0.15, 0.2) is 0 Å². The molecule has 0 unspecified atom stereocenters. The van der Waals surface area contributed by atoms with E-state index in [9.17, 15) is 0 Å².